The highest BCUT2D eigenvalue weighted by Crippen LogP contribution is 2.10. The van der Waals surface area contributed by atoms with Gasteiger partial charge in [0.15, 0.2) is 5.69 Å². The fourth-order valence-electron chi connectivity index (χ4n) is 1.63. The molecular weight excluding hydrogens is 294 g/mol. The molecule has 0 aliphatic rings. The number of rotatable bonds is 6. The molecule has 0 spiro atoms. The Morgan fingerprint density at radius 1 is 1.52 bits per heavy atom. The van der Waals surface area contributed by atoms with Crippen LogP contribution in [0.1, 0.15) is 15.4 Å². The predicted octanol–water partition coefficient (Wildman–Crippen LogP) is 0.879. The number of carboxylic acids is 1. The summed E-state index contributed by atoms with van der Waals surface area (Å²) in [5.41, 5.74) is -0.115. The van der Waals surface area contributed by atoms with E-state index >= 15 is 0 Å². The maximum atomic E-state index is 11.9. The van der Waals surface area contributed by atoms with Gasteiger partial charge in [-0.3, -0.25) is 0 Å². The summed E-state index contributed by atoms with van der Waals surface area (Å²) in [4.78, 5) is 25.2. The number of hydrogen-bond donors (Lipinski definition) is 2. The molecule has 0 bridgehead atoms. The lowest BCUT2D eigenvalue weighted by Crippen LogP contribution is -2.38. The van der Waals surface area contributed by atoms with Crippen molar-refractivity contribution in [3.8, 4) is 0 Å². The summed E-state index contributed by atoms with van der Waals surface area (Å²) in [6, 6.07) is 3.72. The van der Waals surface area contributed by atoms with Crippen LogP contribution in [0.5, 0.6) is 0 Å². The van der Waals surface area contributed by atoms with Crippen molar-refractivity contribution in [2.75, 3.05) is 13.6 Å². The molecule has 2 rings (SSSR count). The van der Waals surface area contributed by atoms with Gasteiger partial charge in [-0.15, -0.1) is 16.4 Å². The van der Waals surface area contributed by atoms with Gasteiger partial charge in [0, 0.05) is 18.5 Å². The number of amides is 2. The second-order valence-corrected chi connectivity index (χ2v) is 5.37. The Hall–Kier alpha value is -2.42. The fourth-order valence-corrected chi connectivity index (χ4v) is 2.38. The molecule has 2 aromatic rings. The third kappa shape index (κ3) is 4.28. The zero-order valence-electron chi connectivity index (χ0n) is 11.4. The average Bonchev–Trinajstić information content (AvgIpc) is 3.09. The molecule has 21 heavy (non-hydrogen) atoms. The third-order valence-corrected chi connectivity index (χ3v) is 3.56. The van der Waals surface area contributed by atoms with Crippen molar-refractivity contribution in [2.24, 2.45) is 0 Å². The molecule has 0 saturated carbocycles. The van der Waals surface area contributed by atoms with Crippen LogP contribution in [0.25, 0.3) is 0 Å². The highest BCUT2D eigenvalue weighted by molar-refractivity contribution is 7.09. The number of hydrogen-bond acceptors (Lipinski definition) is 5. The number of thiophene rings is 1. The van der Waals surface area contributed by atoms with E-state index in [4.69, 9.17) is 5.11 Å². The van der Waals surface area contributed by atoms with Crippen LogP contribution in [-0.4, -0.2) is 50.6 Å². The van der Waals surface area contributed by atoms with Crippen LogP contribution in [-0.2, 0) is 13.1 Å². The molecule has 0 aliphatic carbocycles. The standard InChI is InChI=1S/C12H15N5O3S/c1-16(7-9-3-2-6-21-9)12(20)13-4-5-17-8-10(11(18)19)14-15-17/h2-3,6,8H,4-5,7H2,1H3,(H,13,20)(H,18,19). The first kappa shape index (κ1) is 15.0. The topological polar surface area (TPSA) is 100 Å². The molecule has 2 heterocycles. The normalized spacial score (nSPS) is 10.3. The number of carboxylic acid groups (broad SMARTS) is 1. The van der Waals surface area contributed by atoms with Crippen molar-refractivity contribution < 1.29 is 14.7 Å². The Balaban J connectivity index is 1.74. The highest BCUT2D eigenvalue weighted by Gasteiger charge is 2.10. The van der Waals surface area contributed by atoms with E-state index in [-0.39, 0.29) is 11.7 Å². The summed E-state index contributed by atoms with van der Waals surface area (Å²) in [5.74, 6) is -1.12. The Morgan fingerprint density at radius 3 is 2.95 bits per heavy atom. The number of aromatic carboxylic acids is 1. The average molecular weight is 309 g/mol. The summed E-state index contributed by atoms with van der Waals surface area (Å²) in [6.45, 7) is 1.25. The fraction of sp³-hybridized carbons (Fsp3) is 0.333. The minimum absolute atomic E-state index is 0.115. The number of aromatic nitrogens is 3. The van der Waals surface area contributed by atoms with Gasteiger partial charge in [0.05, 0.1) is 19.3 Å². The van der Waals surface area contributed by atoms with E-state index in [1.807, 2.05) is 17.5 Å². The molecule has 0 fully saturated rings. The minimum atomic E-state index is -1.12. The van der Waals surface area contributed by atoms with Crippen LogP contribution in [0.2, 0.25) is 0 Å². The SMILES string of the molecule is CN(Cc1cccs1)C(=O)NCCn1cc(C(=O)O)nn1. The molecule has 8 nitrogen and oxygen atoms in total. The van der Waals surface area contributed by atoms with Crippen LogP contribution in [0.15, 0.2) is 23.7 Å². The lowest BCUT2D eigenvalue weighted by molar-refractivity contribution is 0.0690. The van der Waals surface area contributed by atoms with Crippen molar-refractivity contribution in [1.29, 1.82) is 0 Å². The lowest BCUT2D eigenvalue weighted by atomic mass is 10.4. The summed E-state index contributed by atoms with van der Waals surface area (Å²) >= 11 is 1.60. The molecule has 2 amide bonds. The second-order valence-electron chi connectivity index (χ2n) is 4.34. The Morgan fingerprint density at radius 2 is 2.33 bits per heavy atom. The van der Waals surface area contributed by atoms with E-state index in [1.54, 1.807) is 23.3 Å². The van der Waals surface area contributed by atoms with Crippen LogP contribution in [0, 0.1) is 0 Å². The molecule has 0 atom stereocenters. The monoisotopic (exact) mass is 309 g/mol. The molecular formula is C12H15N5O3S. The van der Waals surface area contributed by atoms with Crippen LogP contribution >= 0.6 is 11.3 Å². The van der Waals surface area contributed by atoms with Crippen molar-refractivity contribution in [3.63, 3.8) is 0 Å². The molecule has 2 N–H and O–H groups in total. The Labute approximate surface area is 125 Å². The van der Waals surface area contributed by atoms with E-state index < -0.39 is 5.97 Å². The van der Waals surface area contributed by atoms with Crippen molar-refractivity contribution in [1.82, 2.24) is 25.2 Å². The number of carbonyl (C=O) groups excluding carboxylic acids is 1. The van der Waals surface area contributed by atoms with Gasteiger partial charge in [-0.2, -0.15) is 0 Å². The van der Waals surface area contributed by atoms with Crippen molar-refractivity contribution >= 4 is 23.3 Å². The van der Waals surface area contributed by atoms with Crippen molar-refractivity contribution in [3.05, 3.63) is 34.3 Å². The largest absolute Gasteiger partial charge is 0.476 e. The van der Waals surface area contributed by atoms with Crippen LogP contribution in [0.3, 0.4) is 0 Å². The number of urea groups is 1. The third-order valence-electron chi connectivity index (χ3n) is 2.69. The minimum Gasteiger partial charge on any atom is -0.476 e. The highest BCUT2D eigenvalue weighted by atomic mass is 32.1. The van der Waals surface area contributed by atoms with Gasteiger partial charge in [-0.25, -0.2) is 14.3 Å². The van der Waals surface area contributed by atoms with Gasteiger partial charge >= 0.3 is 12.0 Å². The Bertz CT molecular complexity index is 610. The van der Waals surface area contributed by atoms with Gasteiger partial charge < -0.3 is 15.3 Å². The van der Waals surface area contributed by atoms with E-state index in [9.17, 15) is 9.59 Å². The van der Waals surface area contributed by atoms with Gasteiger partial charge in [0.2, 0.25) is 0 Å². The van der Waals surface area contributed by atoms with E-state index in [1.165, 1.54) is 10.9 Å². The lowest BCUT2D eigenvalue weighted by Gasteiger charge is -2.16. The smallest absolute Gasteiger partial charge is 0.358 e. The first-order chi connectivity index (χ1) is 10.1. The van der Waals surface area contributed by atoms with Crippen LogP contribution < -0.4 is 5.32 Å². The second kappa shape index (κ2) is 6.84. The first-order valence-electron chi connectivity index (χ1n) is 6.21. The van der Waals surface area contributed by atoms with E-state index in [0.717, 1.165) is 4.88 Å². The molecule has 0 unspecified atom stereocenters. The van der Waals surface area contributed by atoms with Gasteiger partial charge in [-0.1, -0.05) is 11.3 Å². The maximum Gasteiger partial charge on any atom is 0.358 e. The van der Waals surface area contributed by atoms with E-state index in [2.05, 4.69) is 15.6 Å². The molecule has 112 valence electrons. The number of nitrogens with zero attached hydrogens (tertiary/aromatic N) is 4. The zero-order chi connectivity index (χ0) is 15.2. The Kier molecular flexibility index (Phi) is 4.88. The van der Waals surface area contributed by atoms with Gasteiger partial charge in [-0.05, 0) is 11.4 Å². The predicted molar refractivity (Wildman–Crippen MR) is 76.2 cm³/mol. The molecule has 9 heteroatoms. The maximum absolute atomic E-state index is 11.9. The summed E-state index contributed by atoms with van der Waals surface area (Å²) in [6.07, 6.45) is 1.32. The quantitative estimate of drug-likeness (QED) is 0.825. The van der Waals surface area contributed by atoms with Gasteiger partial charge in [0.25, 0.3) is 0 Å². The molecule has 0 radical (unpaired) electrons. The molecule has 0 aliphatic heterocycles. The molecule has 2 aromatic heterocycles. The zero-order valence-corrected chi connectivity index (χ0v) is 12.2. The van der Waals surface area contributed by atoms with Crippen LogP contribution in [0.4, 0.5) is 4.79 Å². The van der Waals surface area contributed by atoms with Gasteiger partial charge in [0.1, 0.15) is 0 Å². The summed E-state index contributed by atoms with van der Waals surface area (Å²) in [5, 5.41) is 20.6. The van der Waals surface area contributed by atoms with Crippen molar-refractivity contribution in [2.45, 2.75) is 13.1 Å². The number of nitrogens with one attached hydrogen (secondary N) is 1. The summed E-state index contributed by atoms with van der Waals surface area (Å²) in [7, 11) is 1.72. The van der Waals surface area contributed by atoms with E-state index in [0.29, 0.717) is 19.6 Å². The summed E-state index contributed by atoms with van der Waals surface area (Å²) < 4.78 is 1.38. The first-order valence-corrected chi connectivity index (χ1v) is 7.09. The molecule has 0 saturated heterocycles. The number of carbonyl (C=O) groups is 2. The molecule has 0 aromatic carbocycles.